The van der Waals surface area contributed by atoms with E-state index in [2.05, 4.69) is 19.9 Å². The molecule has 2 aromatic heterocycles. The van der Waals surface area contributed by atoms with Crippen molar-refractivity contribution >= 4 is 10.9 Å². The van der Waals surface area contributed by atoms with Gasteiger partial charge in [-0.25, -0.2) is 19.9 Å². The van der Waals surface area contributed by atoms with Crippen molar-refractivity contribution in [3.8, 4) is 11.9 Å². The maximum Gasteiger partial charge on any atom is 0.316 e. The highest BCUT2D eigenvalue weighted by molar-refractivity contribution is 5.82. The SMILES string of the molecule is [CH](COc1ncnc2ccccc12)Oc1ncccn1. The van der Waals surface area contributed by atoms with Crippen LogP contribution in [-0.4, -0.2) is 26.5 Å². The van der Waals surface area contributed by atoms with Gasteiger partial charge in [-0.2, -0.15) is 0 Å². The van der Waals surface area contributed by atoms with Gasteiger partial charge in [0.2, 0.25) is 5.88 Å². The molecular weight excluding hydrogens is 256 g/mol. The van der Waals surface area contributed by atoms with Crippen LogP contribution in [0.1, 0.15) is 0 Å². The summed E-state index contributed by atoms with van der Waals surface area (Å²) in [5.41, 5.74) is 0.838. The summed E-state index contributed by atoms with van der Waals surface area (Å²) in [6.45, 7) is 1.71. The minimum Gasteiger partial charge on any atom is -0.473 e. The minimum absolute atomic E-state index is 0.235. The largest absolute Gasteiger partial charge is 0.473 e. The van der Waals surface area contributed by atoms with Gasteiger partial charge in [0.15, 0.2) is 6.61 Å². The van der Waals surface area contributed by atoms with Crippen molar-refractivity contribution < 1.29 is 9.47 Å². The molecular formula is C14H11N4O2. The highest BCUT2D eigenvalue weighted by Crippen LogP contribution is 2.20. The summed E-state index contributed by atoms with van der Waals surface area (Å²) in [5.74, 6) is 0.518. The van der Waals surface area contributed by atoms with Gasteiger partial charge >= 0.3 is 6.01 Å². The van der Waals surface area contributed by atoms with Gasteiger partial charge in [-0.1, -0.05) is 12.1 Å². The Morgan fingerprint density at radius 1 is 0.950 bits per heavy atom. The molecule has 6 nitrogen and oxygen atoms in total. The van der Waals surface area contributed by atoms with Crippen molar-refractivity contribution in [2.24, 2.45) is 0 Å². The first-order valence-corrected chi connectivity index (χ1v) is 6.01. The van der Waals surface area contributed by atoms with E-state index in [1.54, 1.807) is 18.5 Å². The lowest BCUT2D eigenvalue weighted by Gasteiger charge is -2.07. The molecule has 0 aliphatic heterocycles. The van der Waals surface area contributed by atoms with Crippen LogP contribution in [0.2, 0.25) is 0 Å². The summed E-state index contributed by atoms with van der Waals surface area (Å²) in [6.07, 6.45) is 4.68. The van der Waals surface area contributed by atoms with Crippen LogP contribution in [-0.2, 0) is 0 Å². The molecule has 20 heavy (non-hydrogen) atoms. The monoisotopic (exact) mass is 267 g/mol. The van der Waals surface area contributed by atoms with Crippen LogP contribution in [0.3, 0.4) is 0 Å². The minimum atomic E-state index is 0.235. The molecule has 0 aliphatic rings. The zero-order chi connectivity index (χ0) is 13.6. The fraction of sp³-hybridized carbons (Fsp3) is 0.0714. The molecule has 0 saturated carbocycles. The summed E-state index contributed by atoms with van der Waals surface area (Å²) < 4.78 is 10.8. The Balaban J connectivity index is 1.60. The van der Waals surface area contributed by atoms with E-state index in [0.29, 0.717) is 5.88 Å². The zero-order valence-electron chi connectivity index (χ0n) is 10.5. The van der Waals surface area contributed by atoms with Gasteiger partial charge < -0.3 is 9.47 Å². The van der Waals surface area contributed by atoms with Crippen LogP contribution in [0, 0.1) is 6.61 Å². The van der Waals surface area contributed by atoms with E-state index in [1.807, 2.05) is 24.3 Å². The molecule has 0 N–H and O–H groups in total. The standard InChI is InChI=1S/C14H11N4O2/c1-2-5-12-11(4-1)13(18-10-17-12)19-8-9-20-14-15-6-3-7-16-14/h1-7,9-10H,8H2. The number of fused-ring (bicyclic) bond motifs is 1. The van der Waals surface area contributed by atoms with Crippen molar-refractivity contribution in [2.45, 2.75) is 0 Å². The molecule has 0 amide bonds. The quantitative estimate of drug-likeness (QED) is 0.659. The summed E-state index contributed by atoms with van der Waals surface area (Å²) >= 11 is 0. The van der Waals surface area contributed by atoms with Crippen molar-refractivity contribution in [3.05, 3.63) is 55.7 Å². The second-order valence-electron chi connectivity index (χ2n) is 3.82. The highest BCUT2D eigenvalue weighted by Gasteiger charge is 2.04. The second-order valence-corrected chi connectivity index (χ2v) is 3.82. The molecule has 2 heterocycles. The van der Waals surface area contributed by atoms with E-state index in [9.17, 15) is 0 Å². The maximum atomic E-state index is 5.55. The molecule has 1 aromatic carbocycles. The molecule has 3 aromatic rings. The Morgan fingerprint density at radius 3 is 2.70 bits per heavy atom. The topological polar surface area (TPSA) is 70.0 Å². The molecule has 1 radical (unpaired) electrons. The third kappa shape index (κ3) is 2.80. The van der Waals surface area contributed by atoms with E-state index >= 15 is 0 Å². The average molecular weight is 267 g/mol. The molecule has 0 spiro atoms. The fourth-order valence-electron chi connectivity index (χ4n) is 1.66. The van der Waals surface area contributed by atoms with Gasteiger partial charge in [0.25, 0.3) is 0 Å². The lowest BCUT2D eigenvalue weighted by atomic mass is 10.2. The first-order valence-electron chi connectivity index (χ1n) is 6.01. The number of hydrogen-bond acceptors (Lipinski definition) is 6. The van der Waals surface area contributed by atoms with Crippen LogP contribution in [0.25, 0.3) is 10.9 Å². The Kier molecular flexibility index (Phi) is 3.64. The van der Waals surface area contributed by atoms with Gasteiger partial charge in [0.05, 0.1) is 10.9 Å². The van der Waals surface area contributed by atoms with Crippen LogP contribution in [0.15, 0.2) is 49.1 Å². The van der Waals surface area contributed by atoms with Gasteiger partial charge in [0.1, 0.15) is 12.9 Å². The van der Waals surface area contributed by atoms with Gasteiger partial charge in [-0.15, -0.1) is 0 Å². The molecule has 0 fully saturated rings. The van der Waals surface area contributed by atoms with Crippen LogP contribution in [0.4, 0.5) is 0 Å². The Labute approximate surface area is 115 Å². The Morgan fingerprint density at radius 2 is 1.80 bits per heavy atom. The number of rotatable bonds is 5. The predicted molar refractivity (Wildman–Crippen MR) is 72.0 cm³/mol. The van der Waals surface area contributed by atoms with Crippen LogP contribution >= 0.6 is 0 Å². The van der Waals surface area contributed by atoms with Crippen LogP contribution in [0.5, 0.6) is 11.9 Å². The summed E-state index contributed by atoms with van der Waals surface area (Å²) in [7, 11) is 0. The average Bonchev–Trinajstić information content (AvgIpc) is 2.53. The number of nitrogens with zero attached hydrogens (tertiary/aromatic N) is 4. The highest BCUT2D eigenvalue weighted by atomic mass is 16.5. The van der Waals surface area contributed by atoms with Crippen LogP contribution < -0.4 is 9.47 Å². The molecule has 0 atom stereocenters. The van der Waals surface area contributed by atoms with Gasteiger partial charge in [-0.05, 0) is 18.2 Å². The third-order valence-electron chi connectivity index (χ3n) is 2.53. The maximum absolute atomic E-state index is 5.55. The Hall–Kier alpha value is -2.76. The molecule has 3 rings (SSSR count). The first-order chi connectivity index (χ1) is 9.93. The molecule has 0 unspecified atom stereocenters. The summed E-state index contributed by atoms with van der Waals surface area (Å²) in [6, 6.07) is 9.64. The lowest BCUT2D eigenvalue weighted by molar-refractivity contribution is 0.257. The lowest BCUT2D eigenvalue weighted by Crippen LogP contribution is -2.06. The number of hydrogen-bond donors (Lipinski definition) is 0. The van der Waals surface area contributed by atoms with E-state index in [4.69, 9.17) is 9.47 Å². The van der Waals surface area contributed by atoms with Gasteiger partial charge in [0, 0.05) is 12.4 Å². The van der Waals surface area contributed by atoms with E-state index in [1.165, 1.54) is 12.9 Å². The molecule has 0 bridgehead atoms. The predicted octanol–water partition coefficient (Wildman–Crippen LogP) is 2.04. The summed E-state index contributed by atoms with van der Waals surface area (Å²) in [5, 5.41) is 0.861. The van der Waals surface area contributed by atoms with Crippen molar-refractivity contribution in [1.29, 1.82) is 0 Å². The third-order valence-corrected chi connectivity index (χ3v) is 2.53. The fourth-order valence-corrected chi connectivity index (χ4v) is 1.66. The first kappa shape index (κ1) is 12.3. The van der Waals surface area contributed by atoms with Crippen molar-refractivity contribution in [3.63, 3.8) is 0 Å². The number of benzene rings is 1. The van der Waals surface area contributed by atoms with E-state index in [0.717, 1.165) is 10.9 Å². The molecule has 6 heteroatoms. The molecule has 0 aliphatic carbocycles. The smallest absolute Gasteiger partial charge is 0.316 e. The summed E-state index contributed by atoms with van der Waals surface area (Å²) in [4.78, 5) is 16.1. The van der Waals surface area contributed by atoms with E-state index in [-0.39, 0.29) is 12.6 Å². The number of ether oxygens (including phenoxy) is 2. The Bertz CT molecular complexity index is 686. The van der Waals surface area contributed by atoms with E-state index < -0.39 is 0 Å². The van der Waals surface area contributed by atoms with Crippen molar-refractivity contribution in [2.75, 3.05) is 6.61 Å². The number of para-hydroxylation sites is 1. The second kappa shape index (κ2) is 5.92. The number of aromatic nitrogens is 4. The molecule has 99 valence electrons. The zero-order valence-corrected chi connectivity index (χ0v) is 10.5. The van der Waals surface area contributed by atoms with Crippen molar-refractivity contribution in [1.82, 2.24) is 19.9 Å². The molecule has 0 saturated heterocycles. The van der Waals surface area contributed by atoms with Gasteiger partial charge in [-0.3, -0.25) is 0 Å². The normalized spacial score (nSPS) is 10.4.